The summed E-state index contributed by atoms with van der Waals surface area (Å²) in [7, 11) is 0. The van der Waals surface area contributed by atoms with Crippen LogP contribution in [0.5, 0.6) is 5.75 Å². The zero-order valence-corrected chi connectivity index (χ0v) is 13.3. The van der Waals surface area contributed by atoms with Gasteiger partial charge in [0, 0.05) is 0 Å². The standard InChI is InChI=1S/C20H20N2O/c1-16-5-11-20(12-6-16)23-13-3-2-4-19(15-22)18-9-7-17(14-21)8-10-18/h5-12,19H,2-4,13H2,1H3. The molecule has 116 valence electrons. The molecule has 2 rings (SSSR count). The van der Waals surface area contributed by atoms with Crippen LogP contribution in [0.15, 0.2) is 48.5 Å². The van der Waals surface area contributed by atoms with Crippen LogP contribution in [0.25, 0.3) is 0 Å². The summed E-state index contributed by atoms with van der Waals surface area (Å²) < 4.78 is 5.69. The van der Waals surface area contributed by atoms with Gasteiger partial charge in [0.1, 0.15) is 5.75 Å². The average molecular weight is 304 g/mol. The normalized spacial score (nSPS) is 11.3. The van der Waals surface area contributed by atoms with E-state index in [1.165, 1.54) is 5.56 Å². The van der Waals surface area contributed by atoms with Crippen LogP contribution in [0.4, 0.5) is 0 Å². The smallest absolute Gasteiger partial charge is 0.119 e. The molecule has 2 aromatic rings. The van der Waals surface area contributed by atoms with Crippen molar-refractivity contribution in [3.8, 4) is 17.9 Å². The number of hydrogen-bond donors (Lipinski definition) is 0. The number of unbranched alkanes of at least 4 members (excludes halogenated alkanes) is 1. The van der Waals surface area contributed by atoms with Gasteiger partial charge in [-0.1, -0.05) is 29.8 Å². The van der Waals surface area contributed by atoms with Gasteiger partial charge in [-0.25, -0.2) is 0 Å². The number of rotatable bonds is 7. The molecule has 0 aliphatic carbocycles. The van der Waals surface area contributed by atoms with Crippen molar-refractivity contribution in [2.45, 2.75) is 32.1 Å². The molecular formula is C20H20N2O. The molecule has 2 aromatic carbocycles. The van der Waals surface area contributed by atoms with Crippen molar-refractivity contribution in [2.75, 3.05) is 6.61 Å². The third-order valence-electron chi connectivity index (χ3n) is 3.77. The van der Waals surface area contributed by atoms with Crippen molar-refractivity contribution in [1.82, 2.24) is 0 Å². The predicted octanol–water partition coefficient (Wildman–Crippen LogP) is 4.72. The first-order chi connectivity index (χ1) is 11.2. The first kappa shape index (κ1) is 16.6. The highest BCUT2D eigenvalue weighted by molar-refractivity contribution is 5.34. The molecule has 0 saturated carbocycles. The summed E-state index contributed by atoms with van der Waals surface area (Å²) in [4.78, 5) is 0. The molecule has 0 saturated heterocycles. The first-order valence-corrected chi connectivity index (χ1v) is 7.82. The summed E-state index contributed by atoms with van der Waals surface area (Å²) in [5, 5.41) is 18.1. The number of hydrogen-bond acceptors (Lipinski definition) is 3. The van der Waals surface area contributed by atoms with Crippen molar-refractivity contribution in [1.29, 1.82) is 10.5 Å². The van der Waals surface area contributed by atoms with Crippen molar-refractivity contribution in [3.05, 3.63) is 65.2 Å². The Hall–Kier alpha value is -2.78. The van der Waals surface area contributed by atoms with E-state index in [1.807, 2.05) is 36.4 Å². The van der Waals surface area contributed by atoms with Gasteiger partial charge in [0.05, 0.1) is 30.2 Å². The molecule has 0 heterocycles. The monoisotopic (exact) mass is 304 g/mol. The third kappa shape index (κ3) is 5.16. The maximum Gasteiger partial charge on any atom is 0.119 e. The van der Waals surface area contributed by atoms with E-state index >= 15 is 0 Å². The van der Waals surface area contributed by atoms with Crippen LogP contribution >= 0.6 is 0 Å². The lowest BCUT2D eigenvalue weighted by Gasteiger charge is -2.10. The Bertz CT molecular complexity index is 690. The van der Waals surface area contributed by atoms with Crippen LogP contribution in [0.3, 0.4) is 0 Å². The van der Waals surface area contributed by atoms with Crippen LogP contribution < -0.4 is 4.74 Å². The second-order valence-electron chi connectivity index (χ2n) is 5.57. The Labute approximate surface area is 137 Å². The Morgan fingerprint density at radius 3 is 2.26 bits per heavy atom. The van der Waals surface area contributed by atoms with E-state index in [4.69, 9.17) is 10.00 Å². The van der Waals surface area contributed by atoms with E-state index in [1.54, 1.807) is 12.1 Å². The third-order valence-corrected chi connectivity index (χ3v) is 3.77. The van der Waals surface area contributed by atoms with Gasteiger partial charge in [-0.2, -0.15) is 10.5 Å². The van der Waals surface area contributed by atoms with Crippen LogP contribution in [-0.2, 0) is 0 Å². The minimum Gasteiger partial charge on any atom is -0.494 e. The molecule has 0 bridgehead atoms. The molecule has 0 aliphatic rings. The molecule has 0 N–H and O–H groups in total. The summed E-state index contributed by atoms with van der Waals surface area (Å²) in [6.07, 6.45) is 2.66. The van der Waals surface area contributed by atoms with Crippen LogP contribution in [0.2, 0.25) is 0 Å². The quantitative estimate of drug-likeness (QED) is 0.695. The lowest BCUT2D eigenvalue weighted by molar-refractivity contribution is 0.304. The Morgan fingerprint density at radius 1 is 0.957 bits per heavy atom. The molecule has 0 aromatic heterocycles. The van der Waals surface area contributed by atoms with Crippen molar-refractivity contribution >= 4 is 0 Å². The zero-order chi connectivity index (χ0) is 16.5. The highest BCUT2D eigenvalue weighted by atomic mass is 16.5. The number of nitrogens with zero attached hydrogens (tertiary/aromatic N) is 2. The summed E-state index contributed by atoms with van der Waals surface area (Å²) in [6, 6.07) is 19.7. The zero-order valence-electron chi connectivity index (χ0n) is 13.3. The Balaban J connectivity index is 1.74. The van der Waals surface area contributed by atoms with Crippen LogP contribution in [0, 0.1) is 29.6 Å². The van der Waals surface area contributed by atoms with Crippen molar-refractivity contribution < 1.29 is 4.74 Å². The minimum atomic E-state index is -0.123. The lowest BCUT2D eigenvalue weighted by Crippen LogP contribution is -2.00. The van der Waals surface area contributed by atoms with Gasteiger partial charge in [0.2, 0.25) is 0 Å². The average Bonchev–Trinajstić information content (AvgIpc) is 2.60. The predicted molar refractivity (Wildman–Crippen MR) is 90.0 cm³/mol. The fraction of sp³-hybridized carbons (Fsp3) is 0.300. The van der Waals surface area contributed by atoms with E-state index in [0.29, 0.717) is 12.2 Å². The number of nitriles is 2. The van der Waals surface area contributed by atoms with Gasteiger partial charge in [-0.3, -0.25) is 0 Å². The molecule has 0 aliphatic heterocycles. The van der Waals surface area contributed by atoms with Gasteiger partial charge in [-0.15, -0.1) is 0 Å². The molecular weight excluding hydrogens is 284 g/mol. The maximum atomic E-state index is 9.32. The summed E-state index contributed by atoms with van der Waals surface area (Å²) in [6.45, 7) is 2.71. The van der Waals surface area contributed by atoms with Gasteiger partial charge in [0.25, 0.3) is 0 Å². The Morgan fingerprint density at radius 2 is 1.65 bits per heavy atom. The van der Waals surface area contributed by atoms with Crippen LogP contribution in [0.1, 0.15) is 41.9 Å². The molecule has 3 heteroatoms. The van der Waals surface area contributed by atoms with Crippen molar-refractivity contribution in [2.24, 2.45) is 0 Å². The molecule has 0 spiro atoms. The van der Waals surface area contributed by atoms with E-state index in [-0.39, 0.29) is 5.92 Å². The number of ether oxygens (including phenoxy) is 1. The fourth-order valence-electron chi connectivity index (χ4n) is 2.37. The summed E-state index contributed by atoms with van der Waals surface area (Å²) >= 11 is 0. The second kappa shape index (κ2) is 8.61. The van der Waals surface area contributed by atoms with E-state index in [9.17, 15) is 5.26 Å². The SMILES string of the molecule is Cc1ccc(OCCCCC(C#N)c2ccc(C#N)cc2)cc1. The van der Waals surface area contributed by atoms with Gasteiger partial charge in [-0.05, 0) is 56.0 Å². The number of aryl methyl sites for hydroxylation is 1. The molecule has 23 heavy (non-hydrogen) atoms. The highest BCUT2D eigenvalue weighted by Crippen LogP contribution is 2.22. The lowest BCUT2D eigenvalue weighted by atomic mass is 9.94. The largest absolute Gasteiger partial charge is 0.494 e. The second-order valence-corrected chi connectivity index (χ2v) is 5.57. The molecule has 1 atom stereocenters. The van der Waals surface area contributed by atoms with E-state index in [0.717, 1.165) is 30.6 Å². The van der Waals surface area contributed by atoms with E-state index < -0.39 is 0 Å². The highest BCUT2D eigenvalue weighted by Gasteiger charge is 2.10. The molecule has 0 fully saturated rings. The van der Waals surface area contributed by atoms with E-state index in [2.05, 4.69) is 19.1 Å². The molecule has 0 radical (unpaired) electrons. The topological polar surface area (TPSA) is 56.8 Å². The van der Waals surface area contributed by atoms with Gasteiger partial charge in [0.15, 0.2) is 0 Å². The molecule has 0 amide bonds. The summed E-state index contributed by atoms with van der Waals surface area (Å²) in [5.74, 6) is 0.765. The van der Waals surface area contributed by atoms with Crippen molar-refractivity contribution in [3.63, 3.8) is 0 Å². The first-order valence-electron chi connectivity index (χ1n) is 7.82. The van der Waals surface area contributed by atoms with Crippen LogP contribution in [-0.4, -0.2) is 6.61 Å². The Kier molecular flexibility index (Phi) is 6.21. The molecule has 1 unspecified atom stereocenters. The van der Waals surface area contributed by atoms with Gasteiger partial charge < -0.3 is 4.74 Å². The van der Waals surface area contributed by atoms with Gasteiger partial charge >= 0.3 is 0 Å². The fourth-order valence-corrected chi connectivity index (χ4v) is 2.37. The molecule has 3 nitrogen and oxygen atoms in total. The minimum absolute atomic E-state index is 0.123. The summed E-state index contributed by atoms with van der Waals surface area (Å²) in [5.41, 5.74) is 2.82. The maximum absolute atomic E-state index is 9.32. The number of benzene rings is 2.